The lowest BCUT2D eigenvalue weighted by Crippen LogP contribution is -2.36. The third-order valence-electron chi connectivity index (χ3n) is 4.49. The highest BCUT2D eigenvalue weighted by molar-refractivity contribution is 7.94. The van der Waals surface area contributed by atoms with Crippen LogP contribution in [0.4, 0.5) is 11.5 Å². The zero-order chi connectivity index (χ0) is 16.9. The first kappa shape index (κ1) is 15.0. The van der Waals surface area contributed by atoms with Crippen molar-refractivity contribution in [3.63, 3.8) is 0 Å². The maximum Gasteiger partial charge on any atom is 0.327 e. The van der Waals surface area contributed by atoms with Gasteiger partial charge in [0.05, 0.1) is 23.0 Å². The molecular weight excluding hydrogens is 324 g/mol. The van der Waals surface area contributed by atoms with Gasteiger partial charge in [-0.15, -0.1) is 0 Å². The quantitative estimate of drug-likeness (QED) is 0.860. The van der Waals surface area contributed by atoms with Crippen LogP contribution in [-0.4, -0.2) is 27.0 Å². The summed E-state index contributed by atoms with van der Waals surface area (Å²) >= 11 is 0. The van der Waals surface area contributed by atoms with Gasteiger partial charge in [-0.25, -0.2) is 13.6 Å². The van der Waals surface area contributed by atoms with Crippen LogP contribution in [0.1, 0.15) is 18.4 Å². The molecule has 0 amide bonds. The molecule has 0 unspecified atom stereocenters. The van der Waals surface area contributed by atoms with E-state index in [1.165, 1.54) is 15.7 Å². The van der Waals surface area contributed by atoms with Gasteiger partial charge in [0.2, 0.25) is 0 Å². The number of anilines is 2. The molecule has 1 aromatic carbocycles. The van der Waals surface area contributed by atoms with Gasteiger partial charge in [0, 0.05) is 19.2 Å². The number of benzene rings is 1. The van der Waals surface area contributed by atoms with Crippen LogP contribution < -0.4 is 8.61 Å². The van der Waals surface area contributed by atoms with Crippen molar-refractivity contribution in [2.45, 2.75) is 12.8 Å². The first-order chi connectivity index (χ1) is 11.5. The molecule has 2 aromatic rings. The molecule has 6 nitrogen and oxygen atoms in total. The molecule has 122 valence electrons. The lowest BCUT2D eigenvalue weighted by molar-refractivity contribution is 0.590. The van der Waals surface area contributed by atoms with E-state index in [-0.39, 0.29) is 0 Å². The molecule has 2 heterocycles. The fourth-order valence-corrected chi connectivity index (χ4v) is 4.37. The van der Waals surface area contributed by atoms with Crippen molar-refractivity contribution in [2.75, 3.05) is 22.2 Å². The zero-order valence-electron chi connectivity index (χ0n) is 13.2. The Bertz CT molecular complexity index is 961. The van der Waals surface area contributed by atoms with E-state index in [2.05, 4.69) is 11.1 Å². The highest BCUT2D eigenvalue weighted by Crippen LogP contribution is 2.42. The third-order valence-corrected chi connectivity index (χ3v) is 6.26. The molecule has 1 aliphatic heterocycles. The van der Waals surface area contributed by atoms with Crippen molar-refractivity contribution in [1.29, 1.82) is 5.26 Å². The lowest BCUT2D eigenvalue weighted by Gasteiger charge is -2.18. The van der Waals surface area contributed by atoms with Crippen molar-refractivity contribution < 1.29 is 8.42 Å². The van der Waals surface area contributed by atoms with E-state index in [1.807, 2.05) is 12.1 Å². The van der Waals surface area contributed by atoms with Gasteiger partial charge >= 0.3 is 10.2 Å². The summed E-state index contributed by atoms with van der Waals surface area (Å²) in [4.78, 5) is 4.54. The van der Waals surface area contributed by atoms with Gasteiger partial charge in [-0.05, 0) is 37.0 Å². The molecule has 24 heavy (non-hydrogen) atoms. The molecule has 0 N–H and O–H groups in total. The predicted molar refractivity (Wildman–Crippen MR) is 91.8 cm³/mol. The molecule has 4 rings (SSSR count). The Morgan fingerprint density at radius 3 is 2.71 bits per heavy atom. The average Bonchev–Trinajstić information content (AvgIpc) is 3.39. The van der Waals surface area contributed by atoms with Gasteiger partial charge in [-0.3, -0.25) is 0 Å². The number of rotatable bonds is 3. The average molecular weight is 340 g/mol. The standard InChI is InChI=1S/C17H16N4O2S/c1-20-17-16(21(24(20,22)23)11-12-6-7-12)9-8-15(19-17)14-5-3-2-4-13(14)10-18/h2-5,8-9,12H,6-7,11H2,1H3. The highest BCUT2D eigenvalue weighted by atomic mass is 32.2. The Morgan fingerprint density at radius 1 is 1.25 bits per heavy atom. The molecule has 0 bridgehead atoms. The predicted octanol–water partition coefficient (Wildman–Crippen LogP) is 2.53. The number of nitrogens with zero attached hydrogens (tertiary/aromatic N) is 4. The first-order valence-electron chi connectivity index (χ1n) is 7.79. The minimum absolute atomic E-state index is 0.417. The molecule has 0 radical (unpaired) electrons. The Morgan fingerprint density at radius 2 is 2.00 bits per heavy atom. The topological polar surface area (TPSA) is 77.3 Å². The van der Waals surface area contributed by atoms with Crippen LogP contribution in [0.25, 0.3) is 11.3 Å². The maximum absolute atomic E-state index is 12.6. The fourth-order valence-electron chi connectivity index (χ4n) is 2.93. The monoisotopic (exact) mass is 340 g/mol. The van der Waals surface area contributed by atoms with Crippen LogP contribution >= 0.6 is 0 Å². The molecule has 0 saturated heterocycles. The third kappa shape index (κ3) is 2.22. The zero-order valence-corrected chi connectivity index (χ0v) is 14.0. The fraction of sp³-hybridized carbons (Fsp3) is 0.294. The minimum Gasteiger partial charge on any atom is -0.249 e. The number of pyridine rings is 1. The second-order valence-electron chi connectivity index (χ2n) is 6.15. The van der Waals surface area contributed by atoms with E-state index in [9.17, 15) is 13.7 Å². The summed E-state index contributed by atoms with van der Waals surface area (Å²) < 4.78 is 28.0. The second-order valence-corrected chi connectivity index (χ2v) is 8.03. The number of hydrogen-bond acceptors (Lipinski definition) is 4. The minimum atomic E-state index is -3.56. The van der Waals surface area contributed by atoms with Crippen molar-refractivity contribution in [3.05, 3.63) is 42.0 Å². The Labute approximate surface area is 141 Å². The second kappa shape index (κ2) is 5.21. The number of aromatic nitrogens is 1. The summed E-state index contributed by atoms with van der Waals surface area (Å²) in [5.41, 5.74) is 2.43. The van der Waals surface area contributed by atoms with Gasteiger partial charge in [-0.2, -0.15) is 13.7 Å². The van der Waals surface area contributed by atoms with Crippen LogP contribution in [0.3, 0.4) is 0 Å². The number of fused-ring (bicyclic) bond motifs is 1. The Kier molecular flexibility index (Phi) is 3.25. The van der Waals surface area contributed by atoms with E-state index in [0.29, 0.717) is 40.8 Å². The molecule has 1 fully saturated rings. The lowest BCUT2D eigenvalue weighted by atomic mass is 10.0. The SMILES string of the molecule is CN1c2nc(-c3ccccc3C#N)ccc2N(CC2CC2)S1(=O)=O. The molecule has 1 aromatic heterocycles. The summed E-state index contributed by atoms with van der Waals surface area (Å²) in [6, 6.07) is 12.9. The Balaban J connectivity index is 1.82. The highest BCUT2D eigenvalue weighted by Gasteiger charge is 2.42. The summed E-state index contributed by atoms with van der Waals surface area (Å²) in [5.74, 6) is 0.860. The summed E-state index contributed by atoms with van der Waals surface area (Å²) in [7, 11) is -2.03. The van der Waals surface area contributed by atoms with Crippen LogP contribution in [0.15, 0.2) is 36.4 Å². The number of nitriles is 1. The largest absolute Gasteiger partial charge is 0.327 e. The van der Waals surface area contributed by atoms with Gasteiger partial charge in [0.25, 0.3) is 0 Å². The molecule has 7 heteroatoms. The first-order valence-corrected chi connectivity index (χ1v) is 9.19. The van der Waals surface area contributed by atoms with Crippen LogP contribution in [0, 0.1) is 17.2 Å². The van der Waals surface area contributed by atoms with Gasteiger partial charge in [0.15, 0.2) is 5.82 Å². The number of hydrogen-bond donors (Lipinski definition) is 0. The molecular formula is C17H16N4O2S. The molecule has 1 saturated carbocycles. The Hall–Kier alpha value is -2.59. The van der Waals surface area contributed by atoms with Crippen LogP contribution in [-0.2, 0) is 10.2 Å². The van der Waals surface area contributed by atoms with Crippen molar-refractivity contribution in [2.24, 2.45) is 5.92 Å². The summed E-state index contributed by atoms with van der Waals surface area (Å²) in [6.07, 6.45) is 2.15. The summed E-state index contributed by atoms with van der Waals surface area (Å²) in [6.45, 7) is 0.509. The van der Waals surface area contributed by atoms with Crippen molar-refractivity contribution in [1.82, 2.24) is 4.98 Å². The van der Waals surface area contributed by atoms with Gasteiger partial charge < -0.3 is 0 Å². The van der Waals surface area contributed by atoms with Crippen molar-refractivity contribution >= 4 is 21.7 Å². The van der Waals surface area contributed by atoms with Gasteiger partial charge in [0.1, 0.15) is 0 Å². The van der Waals surface area contributed by atoms with E-state index < -0.39 is 10.2 Å². The van der Waals surface area contributed by atoms with Crippen LogP contribution in [0.5, 0.6) is 0 Å². The molecule has 0 atom stereocenters. The van der Waals surface area contributed by atoms with Crippen molar-refractivity contribution in [3.8, 4) is 17.3 Å². The normalized spacial score (nSPS) is 18.3. The van der Waals surface area contributed by atoms with E-state index in [1.54, 1.807) is 24.3 Å². The van der Waals surface area contributed by atoms with Crippen LogP contribution in [0.2, 0.25) is 0 Å². The van der Waals surface area contributed by atoms with E-state index in [0.717, 1.165) is 12.8 Å². The molecule has 2 aliphatic rings. The summed E-state index contributed by atoms with van der Waals surface area (Å²) in [5, 5.41) is 9.26. The molecule has 0 spiro atoms. The van der Waals surface area contributed by atoms with E-state index in [4.69, 9.17) is 0 Å². The smallest absolute Gasteiger partial charge is 0.249 e. The molecule has 1 aliphatic carbocycles. The van der Waals surface area contributed by atoms with Gasteiger partial charge in [-0.1, -0.05) is 18.2 Å². The maximum atomic E-state index is 12.6. The van der Waals surface area contributed by atoms with E-state index >= 15 is 0 Å².